The van der Waals surface area contributed by atoms with Crippen LogP contribution in [0.3, 0.4) is 0 Å². The number of hydrogen-bond acceptors (Lipinski definition) is 2. The minimum Gasteiger partial charge on any atom is -0.352 e. The van der Waals surface area contributed by atoms with Crippen molar-refractivity contribution in [2.24, 2.45) is 0 Å². The van der Waals surface area contributed by atoms with Gasteiger partial charge in [0.15, 0.2) is 0 Å². The number of rotatable bonds is 6. The SMILES string of the molecule is C#CCNCC(=O)NC(C)CC=C. The van der Waals surface area contributed by atoms with Crippen LogP contribution >= 0.6 is 0 Å². The van der Waals surface area contributed by atoms with E-state index in [-0.39, 0.29) is 18.5 Å². The number of amides is 1. The maximum absolute atomic E-state index is 11.1. The summed E-state index contributed by atoms with van der Waals surface area (Å²) in [6.45, 7) is 6.21. The molecule has 0 aliphatic carbocycles. The Morgan fingerprint density at radius 1 is 1.77 bits per heavy atom. The lowest BCUT2D eigenvalue weighted by atomic mass is 10.2. The van der Waals surface area contributed by atoms with Gasteiger partial charge in [-0.1, -0.05) is 12.0 Å². The van der Waals surface area contributed by atoms with Crippen LogP contribution in [0.5, 0.6) is 0 Å². The van der Waals surface area contributed by atoms with Gasteiger partial charge in [0, 0.05) is 6.04 Å². The Kier molecular flexibility index (Phi) is 6.66. The summed E-state index contributed by atoms with van der Waals surface area (Å²) in [7, 11) is 0. The summed E-state index contributed by atoms with van der Waals surface area (Å²) in [6.07, 6.45) is 7.56. The van der Waals surface area contributed by atoms with E-state index in [0.717, 1.165) is 6.42 Å². The van der Waals surface area contributed by atoms with E-state index < -0.39 is 0 Å². The molecule has 1 atom stereocenters. The van der Waals surface area contributed by atoms with Gasteiger partial charge in [-0.05, 0) is 13.3 Å². The second-order valence-electron chi connectivity index (χ2n) is 2.80. The molecule has 1 unspecified atom stereocenters. The van der Waals surface area contributed by atoms with Crippen LogP contribution in [0.25, 0.3) is 0 Å². The maximum atomic E-state index is 11.1. The monoisotopic (exact) mass is 180 g/mol. The lowest BCUT2D eigenvalue weighted by Gasteiger charge is -2.11. The van der Waals surface area contributed by atoms with Crippen molar-refractivity contribution in [1.29, 1.82) is 0 Å². The number of terminal acetylenes is 1. The summed E-state index contributed by atoms with van der Waals surface area (Å²) in [6, 6.07) is 0.137. The van der Waals surface area contributed by atoms with Crippen molar-refractivity contribution < 1.29 is 4.79 Å². The molecule has 0 aromatic heterocycles. The molecule has 0 heterocycles. The molecule has 0 bridgehead atoms. The number of hydrogen-bond donors (Lipinski definition) is 2. The van der Waals surface area contributed by atoms with Gasteiger partial charge in [-0.3, -0.25) is 10.1 Å². The van der Waals surface area contributed by atoms with E-state index in [1.807, 2.05) is 6.92 Å². The number of carbonyl (C=O) groups excluding carboxylic acids is 1. The first-order chi connectivity index (χ1) is 6.20. The normalized spacial score (nSPS) is 11.4. The van der Waals surface area contributed by atoms with Crippen LogP contribution in [0.1, 0.15) is 13.3 Å². The molecule has 0 aromatic rings. The Bertz CT molecular complexity index is 205. The van der Waals surface area contributed by atoms with Crippen molar-refractivity contribution in [2.75, 3.05) is 13.1 Å². The molecule has 3 nitrogen and oxygen atoms in total. The van der Waals surface area contributed by atoms with Crippen molar-refractivity contribution in [3.63, 3.8) is 0 Å². The molecular weight excluding hydrogens is 164 g/mol. The van der Waals surface area contributed by atoms with Crippen molar-refractivity contribution in [3.8, 4) is 12.3 Å². The summed E-state index contributed by atoms with van der Waals surface area (Å²) >= 11 is 0. The Morgan fingerprint density at radius 3 is 3.00 bits per heavy atom. The van der Waals surface area contributed by atoms with Gasteiger partial charge in [0.1, 0.15) is 0 Å². The summed E-state index contributed by atoms with van der Waals surface area (Å²) in [5.41, 5.74) is 0. The first-order valence-electron chi connectivity index (χ1n) is 4.25. The molecule has 0 fully saturated rings. The van der Waals surface area contributed by atoms with E-state index in [4.69, 9.17) is 6.42 Å². The van der Waals surface area contributed by atoms with Crippen molar-refractivity contribution >= 4 is 5.91 Å². The fourth-order valence-electron chi connectivity index (χ4n) is 0.883. The highest BCUT2D eigenvalue weighted by Crippen LogP contribution is 1.89. The highest BCUT2D eigenvalue weighted by Gasteiger charge is 2.03. The molecule has 0 spiro atoms. The van der Waals surface area contributed by atoms with Crippen molar-refractivity contribution in [3.05, 3.63) is 12.7 Å². The van der Waals surface area contributed by atoms with Crippen LogP contribution in [-0.4, -0.2) is 25.0 Å². The largest absolute Gasteiger partial charge is 0.352 e. The van der Waals surface area contributed by atoms with Gasteiger partial charge >= 0.3 is 0 Å². The zero-order valence-electron chi connectivity index (χ0n) is 7.97. The van der Waals surface area contributed by atoms with Gasteiger partial charge < -0.3 is 5.32 Å². The van der Waals surface area contributed by atoms with Crippen LogP contribution in [0.15, 0.2) is 12.7 Å². The number of carbonyl (C=O) groups is 1. The lowest BCUT2D eigenvalue weighted by Crippen LogP contribution is -2.38. The Balaban J connectivity index is 3.50. The predicted octanol–water partition coefficient (Wildman–Crippen LogP) is 0.290. The molecule has 13 heavy (non-hydrogen) atoms. The molecule has 0 aliphatic heterocycles. The molecular formula is C10H16N2O. The summed E-state index contributed by atoms with van der Waals surface area (Å²) in [4.78, 5) is 11.1. The zero-order valence-corrected chi connectivity index (χ0v) is 7.97. The van der Waals surface area contributed by atoms with E-state index in [1.165, 1.54) is 0 Å². The average molecular weight is 180 g/mol. The Hall–Kier alpha value is -1.27. The highest BCUT2D eigenvalue weighted by atomic mass is 16.1. The highest BCUT2D eigenvalue weighted by molar-refractivity contribution is 5.78. The third kappa shape index (κ3) is 7.10. The molecule has 0 aliphatic rings. The Labute approximate surface area is 79.6 Å². The lowest BCUT2D eigenvalue weighted by molar-refractivity contribution is -0.120. The molecule has 72 valence electrons. The minimum absolute atomic E-state index is 0.0374. The molecule has 0 radical (unpaired) electrons. The van der Waals surface area contributed by atoms with Gasteiger partial charge in [-0.15, -0.1) is 13.0 Å². The minimum atomic E-state index is -0.0374. The summed E-state index contributed by atoms with van der Waals surface area (Å²) in [5.74, 6) is 2.36. The molecule has 0 aromatic carbocycles. The van der Waals surface area contributed by atoms with E-state index in [0.29, 0.717) is 6.54 Å². The third-order valence-corrected chi connectivity index (χ3v) is 1.44. The first-order valence-corrected chi connectivity index (χ1v) is 4.25. The second-order valence-corrected chi connectivity index (χ2v) is 2.80. The third-order valence-electron chi connectivity index (χ3n) is 1.44. The van der Waals surface area contributed by atoms with Crippen molar-refractivity contribution in [2.45, 2.75) is 19.4 Å². The number of nitrogens with one attached hydrogen (secondary N) is 2. The molecule has 2 N–H and O–H groups in total. The predicted molar refractivity (Wildman–Crippen MR) is 54.1 cm³/mol. The van der Waals surface area contributed by atoms with Gasteiger partial charge in [0.2, 0.25) is 5.91 Å². The summed E-state index contributed by atoms with van der Waals surface area (Å²) in [5, 5.41) is 5.61. The van der Waals surface area contributed by atoms with Crippen LogP contribution in [0.4, 0.5) is 0 Å². The molecule has 0 rings (SSSR count). The van der Waals surface area contributed by atoms with E-state index >= 15 is 0 Å². The van der Waals surface area contributed by atoms with Gasteiger partial charge in [-0.2, -0.15) is 0 Å². The van der Waals surface area contributed by atoms with Crippen molar-refractivity contribution in [1.82, 2.24) is 10.6 Å². The topological polar surface area (TPSA) is 41.1 Å². The van der Waals surface area contributed by atoms with Crippen LogP contribution in [-0.2, 0) is 4.79 Å². The molecule has 1 amide bonds. The maximum Gasteiger partial charge on any atom is 0.234 e. The molecule has 3 heteroatoms. The van der Waals surface area contributed by atoms with Crippen LogP contribution in [0, 0.1) is 12.3 Å². The van der Waals surface area contributed by atoms with E-state index in [2.05, 4.69) is 23.1 Å². The van der Waals surface area contributed by atoms with Gasteiger partial charge in [0.25, 0.3) is 0 Å². The van der Waals surface area contributed by atoms with Gasteiger partial charge in [-0.25, -0.2) is 0 Å². The zero-order chi connectivity index (χ0) is 10.1. The summed E-state index contributed by atoms with van der Waals surface area (Å²) < 4.78 is 0. The van der Waals surface area contributed by atoms with E-state index in [9.17, 15) is 4.79 Å². The molecule has 0 saturated heterocycles. The van der Waals surface area contributed by atoms with Crippen LogP contribution < -0.4 is 10.6 Å². The molecule has 0 saturated carbocycles. The standard InChI is InChI=1S/C10H16N2O/c1-4-6-9(3)12-10(13)8-11-7-5-2/h2,4,9,11H,1,6-8H2,3H3,(H,12,13). The average Bonchev–Trinajstić information content (AvgIpc) is 2.05. The van der Waals surface area contributed by atoms with Gasteiger partial charge in [0.05, 0.1) is 13.1 Å². The smallest absolute Gasteiger partial charge is 0.234 e. The Morgan fingerprint density at radius 2 is 2.46 bits per heavy atom. The van der Waals surface area contributed by atoms with Crippen LogP contribution in [0.2, 0.25) is 0 Å². The first kappa shape index (κ1) is 11.7. The second kappa shape index (κ2) is 7.38. The fraction of sp³-hybridized carbons (Fsp3) is 0.500. The fourth-order valence-corrected chi connectivity index (χ4v) is 0.883. The quantitative estimate of drug-likeness (QED) is 0.350. The van der Waals surface area contributed by atoms with E-state index in [1.54, 1.807) is 6.08 Å².